The maximum atomic E-state index is 14.4. The second kappa shape index (κ2) is 8.15. The Labute approximate surface area is 183 Å². The Morgan fingerprint density at radius 2 is 2.10 bits per heavy atom. The lowest BCUT2D eigenvalue weighted by molar-refractivity contribution is -0.124. The SMILES string of the molecule is CC(C)(F)C1=NC(=O)C2N=C(N3CCC[C@@H]3C(=O)NCc3ccccc3)SC2=C1Cl. The van der Waals surface area contributed by atoms with Crippen LogP contribution in [0.2, 0.25) is 0 Å². The van der Waals surface area contributed by atoms with Gasteiger partial charge in [0.05, 0.1) is 5.03 Å². The Morgan fingerprint density at radius 3 is 2.80 bits per heavy atom. The summed E-state index contributed by atoms with van der Waals surface area (Å²) >= 11 is 7.62. The number of nitrogens with zero attached hydrogens (tertiary/aromatic N) is 3. The Morgan fingerprint density at radius 1 is 1.37 bits per heavy atom. The van der Waals surface area contributed by atoms with E-state index in [4.69, 9.17) is 11.6 Å². The average molecular weight is 449 g/mol. The fourth-order valence-electron chi connectivity index (χ4n) is 3.72. The minimum Gasteiger partial charge on any atom is -0.350 e. The average Bonchev–Trinajstić information content (AvgIpc) is 3.36. The van der Waals surface area contributed by atoms with Crippen LogP contribution in [0, 0.1) is 0 Å². The van der Waals surface area contributed by atoms with Crippen molar-refractivity contribution in [1.82, 2.24) is 10.2 Å². The number of hydrogen-bond donors (Lipinski definition) is 1. The highest BCUT2D eigenvalue weighted by atomic mass is 35.5. The molecule has 158 valence electrons. The number of benzene rings is 1. The van der Waals surface area contributed by atoms with Crippen molar-refractivity contribution < 1.29 is 14.0 Å². The highest BCUT2D eigenvalue weighted by molar-refractivity contribution is 8.17. The van der Waals surface area contributed by atoms with Gasteiger partial charge in [-0.1, -0.05) is 53.7 Å². The van der Waals surface area contributed by atoms with E-state index in [1.807, 2.05) is 35.2 Å². The fraction of sp³-hybridized carbons (Fsp3) is 0.429. The van der Waals surface area contributed by atoms with Crippen LogP contribution in [0.1, 0.15) is 32.3 Å². The summed E-state index contributed by atoms with van der Waals surface area (Å²) in [7, 11) is 0. The van der Waals surface area contributed by atoms with Gasteiger partial charge in [0.1, 0.15) is 17.4 Å². The number of amidine groups is 1. The van der Waals surface area contributed by atoms with Crippen LogP contribution in [0.5, 0.6) is 0 Å². The van der Waals surface area contributed by atoms with E-state index in [1.54, 1.807) is 0 Å². The molecule has 0 radical (unpaired) electrons. The zero-order valence-corrected chi connectivity index (χ0v) is 18.3. The third kappa shape index (κ3) is 4.03. The van der Waals surface area contributed by atoms with Gasteiger partial charge in [0.25, 0.3) is 5.91 Å². The lowest BCUT2D eigenvalue weighted by Crippen LogP contribution is -2.44. The number of nitrogens with one attached hydrogen (secondary N) is 1. The third-order valence-electron chi connectivity index (χ3n) is 5.24. The molecular weight excluding hydrogens is 427 g/mol. The number of hydrogen-bond acceptors (Lipinski definition) is 5. The first kappa shape index (κ1) is 21.1. The zero-order valence-electron chi connectivity index (χ0n) is 16.7. The Bertz CT molecular complexity index is 971. The molecule has 0 aromatic heterocycles. The monoisotopic (exact) mass is 448 g/mol. The Hall–Kier alpha value is -2.19. The van der Waals surface area contributed by atoms with E-state index >= 15 is 0 Å². The van der Waals surface area contributed by atoms with E-state index in [1.165, 1.54) is 25.6 Å². The van der Waals surface area contributed by atoms with Crippen molar-refractivity contribution in [2.45, 2.75) is 51.0 Å². The van der Waals surface area contributed by atoms with Gasteiger partial charge in [-0.3, -0.25) is 9.59 Å². The molecule has 1 aromatic rings. The van der Waals surface area contributed by atoms with Crippen LogP contribution in [0.25, 0.3) is 0 Å². The Balaban J connectivity index is 1.49. The summed E-state index contributed by atoms with van der Waals surface area (Å²) in [6.07, 6.45) is 1.54. The second-order valence-corrected chi connectivity index (χ2v) is 9.31. The van der Waals surface area contributed by atoms with Gasteiger partial charge in [-0.2, -0.15) is 0 Å². The molecule has 6 nitrogen and oxygen atoms in total. The Kier molecular flexibility index (Phi) is 5.72. The normalized spacial score (nSPS) is 24.0. The summed E-state index contributed by atoms with van der Waals surface area (Å²) in [6, 6.07) is 8.48. The minimum atomic E-state index is -1.83. The van der Waals surface area contributed by atoms with Gasteiger partial charge >= 0.3 is 0 Å². The molecule has 1 aromatic carbocycles. The van der Waals surface area contributed by atoms with Gasteiger partial charge in [-0.05, 0) is 32.3 Å². The first-order valence-corrected chi connectivity index (χ1v) is 11.0. The highest BCUT2D eigenvalue weighted by Crippen LogP contribution is 2.42. The van der Waals surface area contributed by atoms with Crippen LogP contribution >= 0.6 is 23.4 Å². The van der Waals surface area contributed by atoms with Crippen LogP contribution in [0.3, 0.4) is 0 Å². The van der Waals surface area contributed by atoms with Crippen LogP contribution in [-0.2, 0) is 16.1 Å². The van der Waals surface area contributed by atoms with Crippen molar-refractivity contribution in [2.75, 3.05) is 6.54 Å². The predicted molar refractivity (Wildman–Crippen MR) is 117 cm³/mol. The summed E-state index contributed by atoms with van der Waals surface area (Å²) in [4.78, 5) is 36.0. The molecule has 1 N–H and O–H groups in total. The first-order valence-electron chi connectivity index (χ1n) is 9.81. The molecule has 9 heteroatoms. The summed E-state index contributed by atoms with van der Waals surface area (Å²) in [5, 5.41) is 3.68. The smallest absolute Gasteiger partial charge is 0.276 e. The molecule has 3 heterocycles. The number of allylic oxidation sites excluding steroid dienone is 1. The highest BCUT2D eigenvalue weighted by Gasteiger charge is 2.44. The summed E-state index contributed by atoms with van der Waals surface area (Å²) in [6.45, 7) is 3.74. The van der Waals surface area contributed by atoms with Gasteiger partial charge in [-0.15, -0.1) is 0 Å². The standard InChI is InChI=1S/C21H22ClFN4O2S/c1-21(2,23)17-14(22)16-15(19(29)26-17)25-20(30-16)27-10-6-9-13(27)18(28)24-11-12-7-4-3-5-8-12/h3-5,7-8,13,15H,6,9-11H2,1-2H3,(H,24,28)/t13-,15?/m1/s1. The number of fused-ring (bicyclic) bond motifs is 1. The number of dihydropyridines is 1. The van der Waals surface area contributed by atoms with Crippen molar-refractivity contribution in [3.05, 3.63) is 45.8 Å². The summed E-state index contributed by atoms with van der Waals surface area (Å²) in [5.41, 5.74) is -0.875. The van der Waals surface area contributed by atoms with Gasteiger partial charge in [0.2, 0.25) is 5.91 Å². The molecule has 0 saturated carbocycles. The molecule has 3 aliphatic rings. The van der Waals surface area contributed by atoms with Gasteiger partial charge in [0, 0.05) is 18.0 Å². The molecule has 1 unspecified atom stereocenters. The zero-order chi connectivity index (χ0) is 21.5. The number of halogens is 2. The maximum absolute atomic E-state index is 14.4. The summed E-state index contributed by atoms with van der Waals surface area (Å²) in [5.74, 6) is -0.607. The molecule has 1 saturated heterocycles. The molecule has 0 aliphatic carbocycles. The van der Waals surface area contributed by atoms with Crippen molar-refractivity contribution >= 4 is 46.1 Å². The summed E-state index contributed by atoms with van der Waals surface area (Å²) < 4.78 is 14.4. The number of aliphatic imine (C=N–C) groups is 2. The van der Waals surface area contributed by atoms with E-state index in [-0.39, 0.29) is 22.7 Å². The maximum Gasteiger partial charge on any atom is 0.276 e. The molecule has 1 fully saturated rings. The lowest BCUT2D eigenvalue weighted by atomic mass is 10.0. The van der Waals surface area contributed by atoms with Gasteiger partial charge in [0.15, 0.2) is 11.2 Å². The number of alkyl halides is 1. The molecule has 2 atom stereocenters. The first-order chi connectivity index (χ1) is 14.3. The van der Waals surface area contributed by atoms with Crippen LogP contribution in [-0.4, -0.2) is 51.9 Å². The van der Waals surface area contributed by atoms with Gasteiger partial charge < -0.3 is 10.2 Å². The molecule has 0 bridgehead atoms. The number of likely N-dealkylation sites (tertiary alicyclic amines) is 1. The number of thioether (sulfide) groups is 1. The van der Waals surface area contributed by atoms with E-state index in [0.717, 1.165) is 12.0 Å². The number of amides is 2. The number of rotatable bonds is 4. The second-order valence-electron chi connectivity index (χ2n) is 7.92. The van der Waals surface area contributed by atoms with Crippen molar-refractivity contribution in [3.63, 3.8) is 0 Å². The van der Waals surface area contributed by atoms with E-state index < -0.39 is 17.6 Å². The van der Waals surface area contributed by atoms with Crippen molar-refractivity contribution in [2.24, 2.45) is 9.98 Å². The molecule has 0 spiro atoms. The van der Waals surface area contributed by atoms with Crippen LogP contribution < -0.4 is 5.32 Å². The van der Waals surface area contributed by atoms with E-state index in [9.17, 15) is 14.0 Å². The molecular formula is C21H22ClFN4O2S. The molecule has 2 amide bonds. The lowest BCUT2D eigenvalue weighted by Gasteiger charge is -2.25. The molecule has 30 heavy (non-hydrogen) atoms. The topological polar surface area (TPSA) is 74.1 Å². The molecule has 4 rings (SSSR count). The van der Waals surface area contributed by atoms with E-state index in [0.29, 0.717) is 29.6 Å². The minimum absolute atomic E-state index is 0.0667. The molecule has 3 aliphatic heterocycles. The van der Waals surface area contributed by atoms with Crippen LogP contribution in [0.4, 0.5) is 4.39 Å². The van der Waals surface area contributed by atoms with Gasteiger partial charge in [-0.25, -0.2) is 14.4 Å². The fourth-order valence-corrected chi connectivity index (χ4v) is 5.34. The number of carbonyl (C=O) groups is 2. The predicted octanol–water partition coefficient (Wildman–Crippen LogP) is 3.42. The number of carbonyl (C=O) groups excluding carboxylic acids is 2. The largest absolute Gasteiger partial charge is 0.350 e. The van der Waals surface area contributed by atoms with Crippen LogP contribution in [0.15, 0.2) is 50.3 Å². The third-order valence-corrected chi connectivity index (χ3v) is 6.91. The van der Waals surface area contributed by atoms with Crippen molar-refractivity contribution in [3.8, 4) is 0 Å². The van der Waals surface area contributed by atoms with E-state index in [2.05, 4.69) is 15.3 Å². The quantitative estimate of drug-likeness (QED) is 0.765. The van der Waals surface area contributed by atoms with Crippen molar-refractivity contribution in [1.29, 1.82) is 0 Å².